The van der Waals surface area contributed by atoms with Crippen LogP contribution in [-0.4, -0.2) is 20.6 Å². The highest BCUT2D eigenvalue weighted by Crippen LogP contribution is 2.33. The SMILES string of the molecule is N=C(N)c1c(Cl)cccc1Sc1nnc2n1CCCCC2. The third-order valence-electron chi connectivity index (χ3n) is 3.52. The molecule has 21 heavy (non-hydrogen) atoms. The van der Waals surface area contributed by atoms with Gasteiger partial charge in [0.1, 0.15) is 11.7 Å². The molecule has 3 N–H and O–H groups in total. The van der Waals surface area contributed by atoms with Crippen LogP contribution in [0.1, 0.15) is 30.7 Å². The first kappa shape index (κ1) is 14.4. The molecule has 1 aliphatic rings. The van der Waals surface area contributed by atoms with Crippen LogP contribution in [0.3, 0.4) is 0 Å². The van der Waals surface area contributed by atoms with E-state index in [0.29, 0.717) is 10.6 Å². The third-order valence-corrected chi connectivity index (χ3v) is 4.88. The molecule has 110 valence electrons. The topological polar surface area (TPSA) is 80.6 Å². The van der Waals surface area contributed by atoms with E-state index >= 15 is 0 Å². The second kappa shape index (κ2) is 6.07. The molecule has 0 fully saturated rings. The van der Waals surface area contributed by atoms with Crippen LogP contribution in [0.25, 0.3) is 0 Å². The van der Waals surface area contributed by atoms with Crippen molar-refractivity contribution in [3.8, 4) is 0 Å². The number of nitrogens with one attached hydrogen (secondary N) is 1. The first-order chi connectivity index (χ1) is 10.2. The Bertz CT molecular complexity index is 682. The Morgan fingerprint density at radius 2 is 2.14 bits per heavy atom. The smallest absolute Gasteiger partial charge is 0.196 e. The van der Waals surface area contributed by atoms with Crippen molar-refractivity contribution in [1.29, 1.82) is 5.41 Å². The molecule has 0 atom stereocenters. The van der Waals surface area contributed by atoms with Gasteiger partial charge in [-0.15, -0.1) is 10.2 Å². The van der Waals surface area contributed by atoms with Crippen LogP contribution >= 0.6 is 23.4 Å². The van der Waals surface area contributed by atoms with E-state index in [-0.39, 0.29) is 5.84 Å². The summed E-state index contributed by atoms with van der Waals surface area (Å²) in [6.07, 6.45) is 4.51. The number of hydrogen-bond acceptors (Lipinski definition) is 4. The molecule has 1 aliphatic heterocycles. The van der Waals surface area contributed by atoms with Gasteiger partial charge in [-0.2, -0.15) is 0 Å². The zero-order chi connectivity index (χ0) is 14.8. The maximum atomic E-state index is 7.71. The van der Waals surface area contributed by atoms with E-state index in [2.05, 4.69) is 14.8 Å². The van der Waals surface area contributed by atoms with Gasteiger partial charge in [0.2, 0.25) is 0 Å². The highest BCUT2D eigenvalue weighted by molar-refractivity contribution is 7.99. The van der Waals surface area contributed by atoms with Gasteiger partial charge >= 0.3 is 0 Å². The lowest BCUT2D eigenvalue weighted by Crippen LogP contribution is -2.13. The lowest BCUT2D eigenvalue weighted by molar-refractivity contribution is 0.591. The molecule has 2 aromatic rings. The fourth-order valence-electron chi connectivity index (χ4n) is 2.48. The van der Waals surface area contributed by atoms with Gasteiger partial charge in [-0.1, -0.05) is 24.1 Å². The average Bonchev–Trinajstić information content (AvgIpc) is 2.68. The van der Waals surface area contributed by atoms with Crippen LogP contribution in [0.2, 0.25) is 5.02 Å². The molecule has 5 nitrogen and oxygen atoms in total. The highest BCUT2D eigenvalue weighted by Gasteiger charge is 2.18. The second-order valence-electron chi connectivity index (χ2n) is 4.99. The zero-order valence-electron chi connectivity index (χ0n) is 11.5. The monoisotopic (exact) mass is 321 g/mol. The van der Waals surface area contributed by atoms with Crippen molar-refractivity contribution in [2.24, 2.45) is 5.73 Å². The maximum absolute atomic E-state index is 7.71. The van der Waals surface area contributed by atoms with Crippen LogP contribution in [0.15, 0.2) is 28.3 Å². The van der Waals surface area contributed by atoms with Crippen LogP contribution in [-0.2, 0) is 13.0 Å². The van der Waals surface area contributed by atoms with Crippen molar-refractivity contribution in [2.75, 3.05) is 0 Å². The summed E-state index contributed by atoms with van der Waals surface area (Å²) in [7, 11) is 0. The number of aromatic nitrogens is 3. The molecule has 2 heterocycles. The van der Waals surface area contributed by atoms with Gasteiger partial charge in [-0.25, -0.2) is 0 Å². The summed E-state index contributed by atoms with van der Waals surface area (Å²) in [6.45, 7) is 0.945. The Morgan fingerprint density at radius 1 is 1.29 bits per heavy atom. The first-order valence-corrected chi connectivity index (χ1v) is 8.09. The van der Waals surface area contributed by atoms with Crippen LogP contribution in [0.4, 0.5) is 0 Å². The summed E-state index contributed by atoms with van der Waals surface area (Å²) in [5, 5.41) is 17.6. The van der Waals surface area contributed by atoms with Gasteiger partial charge in [-0.3, -0.25) is 5.41 Å². The standard InChI is InChI=1S/C14H16ClN5S/c15-9-5-4-6-10(12(9)13(16)17)21-14-19-18-11-7-2-1-3-8-20(11)14/h4-6H,1-3,7-8H2,(H3,16,17). The van der Waals surface area contributed by atoms with Crippen molar-refractivity contribution in [3.63, 3.8) is 0 Å². The summed E-state index contributed by atoms with van der Waals surface area (Å²) in [5.74, 6) is 1.01. The molecule has 7 heteroatoms. The number of amidine groups is 1. The van der Waals surface area contributed by atoms with Crippen LogP contribution < -0.4 is 5.73 Å². The lowest BCUT2D eigenvalue weighted by Gasteiger charge is -2.10. The Balaban J connectivity index is 1.96. The lowest BCUT2D eigenvalue weighted by atomic mass is 10.2. The summed E-state index contributed by atoms with van der Waals surface area (Å²) in [4.78, 5) is 0.842. The third kappa shape index (κ3) is 2.91. The molecular weight excluding hydrogens is 306 g/mol. The Morgan fingerprint density at radius 3 is 2.95 bits per heavy atom. The van der Waals surface area contributed by atoms with Crippen LogP contribution in [0, 0.1) is 5.41 Å². The van der Waals surface area contributed by atoms with E-state index in [4.69, 9.17) is 22.7 Å². The van der Waals surface area contributed by atoms with Gasteiger partial charge in [-0.05, 0) is 36.7 Å². The van der Waals surface area contributed by atoms with Crippen molar-refractivity contribution in [3.05, 3.63) is 34.6 Å². The number of benzene rings is 1. The first-order valence-electron chi connectivity index (χ1n) is 6.89. The fourth-order valence-corrected chi connectivity index (χ4v) is 3.87. The number of halogens is 1. The van der Waals surface area contributed by atoms with Crippen molar-refractivity contribution < 1.29 is 0 Å². The van der Waals surface area contributed by atoms with E-state index in [1.54, 1.807) is 6.07 Å². The molecule has 0 saturated carbocycles. The minimum atomic E-state index is -0.0290. The van der Waals surface area contributed by atoms with Gasteiger partial charge in [0.15, 0.2) is 5.16 Å². The molecule has 1 aromatic carbocycles. The molecule has 3 rings (SSSR count). The van der Waals surface area contributed by atoms with E-state index in [1.807, 2.05) is 12.1 Å². The average molecular weight is 322 g/mol. The second-order valence-corrected chi connectivity index (χ2v) is 6.41. The molecule has 0 aliphatic carbocycles. The number of hydrogen-bond donors (Lipinski definition) is 2. The summed E-state index contributed by atoms with van der Waals surface area (Å²) < 4.78 is 2.17. The van der Waals surface area contributed by atoms with E-state index in [1.165, 1.54) is 24.6 Å². The van der Waals surface area contributed by atoms with Crippen molar-refractivity contribution in [1.82, 2.24) is 14.8 Å². The predicted octanol–water partition coefficient (Wildman–Crippen LogP) is 3.09. The Hall–Kier alpha value is -1.53. The molecular formula is C14H16ClN5S. The number of nitrogens with two attached hydrogens (primary N) is 1. The Labute approximate surface area is 132 Å². The Kier molecular flexibility index (Phi) is 4.17. The number of rotatable bonds is 3. The number of fused-ring (bicyclic) bond motifs is 1. The largest absolute Gasteiger partial charge is 0.384 e. The normalized spacial score (nSPS) is 14.5. The minimum Gasteiger partial charge on any atom is -0.384 e. The summed E-state index contributed by atoms with van der Waals surface area (Å²) >= 11 is 7.63. The molecule has 0 spiro atoms. The molecule has 0 amide bonds. The van der Waals surface area contributed by atoms with Crippen LogP contribution in [0.5, 0.6) is 0 Å². The molecule has 0 unspecified atom stereocenters. The number of aryl methyl sites for hydroxylation is 1. The number of nitrogens with zero attached hydrogens (tertiary/aromatic N) is 3. The van der Waals surface area contributed by atoms with Gasteiger partial charge in [0.25, 0.3) is 0 Å². The van der Waals surface area contributed by atoms with Gasteiger partial charge in [0.05, 0.1) is 5.02 Å². The minimum absolute atomic E-state index is 0.0290. The molecule has 0 bridgehead atoms. The molecule has 0 radical (unpaired) electrons. The van der Waals surface area contributed by atoms with Crippen molar-refractivity contribution in [2.45, 2.75) is 42.3 Å². The van der Waals surface area contributed by atoms with Gasteiger partial charge < -0.3 is 10.3 Å². The van der Waals surface area contributed by atoms with Gasteiger partial charge in [0, 0.05) is 23.4 Å². The van der Waals surface area contributed by atoms with E-state index < -0.39 is 0 Å². The zero-order valence-corrected chi connectivity index (χ0v) is 13.0. The summed E-state index contributed by atoms with van der Waals surface area (Å²) in [5.41, 5.74) is 6.21. The molecule has 1 aromatic heterocycles. The fraction of sp³-hybridized carbons (Fsp3) is 0.357. The number of nitrogen functional groups attached to an aromatic ring is 1. The van der Waals surface area contributed by atoms with E-state index in [9.17, 15) is 0 Å². The van der Waals surface area contributed by atoms with E-state index in [0.717, 1.165) is 35.3 Å². The molecule has 0 saturated heterocycles. The quantitative estimate of drug-likeness (QED) is 0.672. The van der Waals surface area contributed by atoms with Crippen molar-refractivity contribution >= 4 is 29.2 Å². The maximum Gasteiger partial charge on any atom is 0.196 e. The highest BCUT2D eigenvalue weighted by atomic mass is 35.5. The predicted molar refractivity (Wildman–Crippen MR) is 84.2 cm³/mol. The summed E-state index contributed by atoms with van der Waals surface area (Å²) in [6, 6.07) is 5.51.